The van der Waals surface area contributed by atoms with Crippen molar-refractivity contribution in [2.45, 2.75) is 19.9 Å². The van der Waals surface area contributed by atoms with Gasteiger partial charge >= 0.3 is 7.46 Å². The number of anilines is 2. The van der Waals surface area contributed by atoms with Crippen molar-refractivity contribution >= 4 is 27.8 Å². The summed E-state index contributed by atoms with van der Waals surface area (Å²) in [7, 11) is -4.92. The normalized spacial score (nSPS) is 17.3. The molecule has 1 heterocycles. The van der Waals surface area contributed by atoms with Gasteiger partial charge in [0.25, 0.3) is 0 Å². The van der Waals surface area contributed by atoms with Crippen LogP contribution in [0, 0.1) is 0 Å². The smallest absolute Gasteiger partial charge is 0.726 e. The van der Waals surface area contributed by atoms with Gasteiger partial charge in [0, 0.05) is 11.4 Å². The van der Waals surface area contributed by atoms with Crippen LogP contribution in [0.25, 0.3) is 0 Å². The van der Waals surface area contributed by atoms with Crippen LogP contribution >= 0.6 is 0 Å². The summed E-state index contributed by atoms with van der Waals surface area (Å²) in [5, 5.41) is 0. The molecular weight excluding hydrogens is 356 g/mol. The van der Waals surface area contributed by atoms with Crippen LogP contribution in [0.4, 0.5) is 16.2 Å². The number of allylic oxidation sites excluding steroid dienone is 1. The minimum Gasteiger partial charge on any atom is -0.726 e. The molecule has 1 aliphatic rings. The van der Waals surface area contributed by atoms with E-state index < -0.39 is 10.4 Å². The number of hydrogen-bond acceptors (Lipinski definition) is 4. The number of urea groups is 1. The van der Waals surface area contributed by atoms with E-state index in [1.165, 1.54) is 0 Å². The molecule has 1 N–H and O–H groups in total. The molecule has 2 amide bonds. The third kappa shape index (κ3) is 5.16. The number of nitrogens with zero attached hydrogens (tertiary/aromatic N) is 2. The van der Waals surface area contributed by atoms with Crippen LogP contribution in [0.1, 0.15) is 15.3 Å². The Balaban J connectivity index is 0.000000542. The molecule has 0 saturated carbocycles. The molecule has 2 aromatic carbocycles. The van der Waals surface area contributed by atoms with Gasteiger partial charge in [-0.3, -0.25) is 14.4 Å². The van der Waals surface area contributed by atoms with Crippen LogP contribution in [-0.4, -0.2) is 29.6 Å². The molecule has 0 spiro atoms. The summed E-state index contributed by atoms with van der Waals surface area (Å²) in [6.45, 7) is 4.01. The van der Waals surface area contributed by atoms with Gasteiger partial charge in [0.05, 0.1) is 11.7 Å². The molecule has 1 atom stereocenters. The average molecular weight is 376 g/mol. The van der Waals surface area contributed by atoms with E-state index in [1.54, 1.807) is 4.90 Å². The highest BCUT2D eigenvalue weighted by Gasteiger charge is 2.32. The van der Waals surface area contributed by atoms with Crippen molar-refractivity contribution in [3.63, 3.8) is 0 Å². The van der Waals surface area contributed by atoms with Crippen LogP contribution in [-0.2, 0) is 10.4 Å². The Morgan fingerprint density at radius 1 is 1.00 bits per heavy atom. The number of carbonyl (C=O) groups is 1. The van der Waals surface area contributed by atoms with Gasteiger partial charge in [-0.1, -0.05) is 36.4 Å². The van der Waals surface area contributed by atoms with Crippen molar-refractivity contribution < 1.29 is 23.7 Å². The minimum absolute atomic E-state index is 0. The lowest BCUT2D eigenvalue weighted by atomic mass is 10.1. The Labute approximate surface area is 154 Å². The predicted molar refractivity (Wildman–Crippen MR) is 99.9 cm³/mol. The van der Waals surface area contributed by atoms with Gasteiger partial charge in [0.15, 0.2) is 0 Å². The van der Waals surface area contributed by atoms with Gasteiger partial charge in [0.2, 0.25) is 10.4 Å². The van der Waals surface area contributed by atoms with Crippen molar-refractivity contribution in [2.75, 3.05) is 9.80 Å². The van der Waals surface area contributed by atoms with E-state index in [0.29, 0.717) is 0 Å². The summed E-state index contributed by atoms with van der Waals surface area (Å²) in [4.78, 5) is 16.5. The Bertz CT molecular complexity index is 880. The number of hydrogen-bond donors (Lipinski definition) is 1. The van der Waals surface area contributed by atoms with E-state index in [4.69, 9.17) is 17.5 Å². The van der Waals surface area contributed by atoms with Gasteiger partial charge in [0.1, 0.15) is 0 Å². The Morgan fingerprint density at radius 3 is 1.88 bits per heavy atom. The standard InChI is InChI=1S/C18H18N2O.H2O4S/c1-14-13-15(2)20(17-11-7-4-8-12-17)18(21)19(14)16-9-5-3-6-10-16;1-5(2,3)4/h3-14H,1-2H3;(H2,1,2,3,4). The van der Waals surface area contributed by atoms with Crippen molar-refractivity contribution in [1.82, 2.24) is 0 Å². The molecule has 1 aliphatic heterocycles. The van der Waals surface area contributed by atoms with Crippen molar-refractivity contribution in [2.24, 2.45) is 0 Å². The molecule has 138 valence electrons. The van der Waals surface area contributed by atoms with E-state index in [2.05, 4.69) is 6.08 Å². The molecule has 0 aliphatic carbocycles. The topological polar surface area (TPSA) is 101 Å². The third-order valence-corrected chi connectivity index (χ3v) is 3.69. The summed E-state index contributed by atoms with van der Waals surface area (Å²) >= 11 is 0. The summed E-state index contributed by atoms with van der Waals surface area (Å²) in [6, 6.07) is 19.6. The molecule has 0 aromatic heterocycles. The first kappa shape index (κ1) is 19.6. The second-order valence-electron chi connectivity index (χ2n) is 5.64. The van der Waals surface area contributed by atoms with Crippen LogP contribution in [0.5, 0.6) is 0 Å². The summed E-state index contributed by atoms with van der Waals surface area (Å²) in [5.74, 6) is 0. The number of rotatable bonds is 2. The molecule has 3 rings (SSSR count). The summed E-state index contributed by atoms with van der Waals surface area (Å²) in [6.07, 6.45) is 2.11. The van der Waals surface area contributed by atoms with Crippen molar-refractivity contribution in [3.05, 3.63) is 72.4 Å². The second-order valence-corrected chi connectivity index (χ2v) is 6.49. The van der Waals surface area contributed by atoms with Gasteiger partial charge in [-0.05, 0) is 44.2 Å². The first-order valence-electron chi connectivity index (χ1n) is 7.78. The second kappa shape index (κ2) is 8.13. The van der Waals surface area contributed by atoms with Crippen LogP contribution in [0.3, 0.4) is 0 Å². The lowest BCUT2D eigenvalue weighted by Gasteiger charge is -2.38. The number of para-hydroxylation sites is 2. The zero-order valence-corrected chi connectivity index (χ0v) is 15.1. The van der Waals surface area contributed by atoms with Crippen molar-refractivity contribution in [3.8, 4) is 0 Å². The highest BCUT2D eigenvalue weighted by atomic mass is 32.3. The van der Waals surface area contributed by atoms with Crippen molar-refractivity contribution in [1.29, 1.82) is 0 Å². The predicted octanol–water partition coefficient (Wildman–Crippen LogP) is 3.54. The summed E-state index contributed by atoms with van der Waals surface area (Å²) in [5.41, 5.74) is 2.77. The van der Waals surface area contributed by atoms with Gasteiger partial charge in [-0.25, -0.2) is 13.2 Å². The fourth-order valence-corrected chi connectivity index (χ4v) is 2.76. The first-order chi connectivity index (χ1) is 12.2. The molecule has 0 saturated heterocycles. The number of benzene rings is 2. The van der Waals surface area contributed by atoms with Gasteiger partial charge in [-0.15, -0.1) is 0 Å². The summed E-state index contributed by atoms with van der Waals surface area (Å²) < 4.78 is 32.8. The molecule has 2 aromatic rings. The molecular formula is C18H20N2O5S. The zero-order valence-electron chi connectivity index (χ0n) is 15.3. The quantitative estimate of drug-likeness (QED) is 0.638. The molecule has 0 bridgehead atoms. The molecule has 0 fully saturated rings. The Morgan fingerprint density at radius 2 is 1.42 bits per heavy atom. The molecule has 8 heteroatoms. The maximum absolute atomic E-state index is 13.0. The van der Waals surface area contributed by atoms with E-state index in [9.17, 15) is 4.79 Å². The van der Waals surface area contributed by atoms with E-state index in [1.807, 2.05) is 79.4 Å². The Hall–Kier alpha value is -2.68. The lowest BCUT2D eigenvalue weighted by Crippen LogP contribution is -2.50. The van der Waals surface area contributed by atoms with Crippen LogP contribution in [0.2, 0.25) is 0 Å². The number of amides is 2. The zero-order chi connectivity index (χ0) is 19.3. The molecule has 1 unspecified atom stereocenters. The monoisotopic (exact) mass is 376 g/mol. The molecule has 0 radical (unpaired) electrons. The van der Waals surface area contributed by atoms with E-state index in [0.717, 1.165) is 17.1 Å². The minimum atomic E-state index is -4.92. The third-order valence-electron chi connectivity index (χ3n) is 3.69. The van der Waals surface area contributed by atoms with E-state index >= 15 is 0 Å². The largest absolute Gasteiger partial charge is 1.00 e. The molecule has 7 nitrogen and oxygen atoms in total. The number of carbonyl (C=O) groups excluding carboxylic acids is 1. The fourth-order valence-electron chi connectivity index (χ4n) is 2.76. The average Bonchev–Trinajstić information content (AvgIpc) is 2.55. The van der Waals surface area contributed by atoms with Crippen LogP contribution in [0.15, 0.2) is 72.4 Å². The maximum Gasteiger partial charge on any atom is 1.00 e. The van der Waals surface area contributed by atoms with E-state index in [-0.39, 0.29) is 13.5 Å². The Kier molecular flexibility index (Phi) is 6.14. The van der Waals surface area contributed by atoms with Crippen LogP contribution < -0.4 is 9.80 Å². The maximum atomic E-state index is 13.0. The first-order valence-corrected chi connectivity index (χ1v) is 9.15. The lowest BCUT2D eigenvalue weighted by molar-refractivity contribution is 0.251. The van der Waals surface area contributed by atoms with Gasteiger partial charge in [-0.2, -0.15) is 0 Å². The SMILES string of the molecule is CC1=CC(C)N(c2ccccc2)C(=O)N1c1ccccc1.O=S(=O)([O-])O.[H+]. The van der Waals surface area contributed by atoms with Gasteiger partial charge < -0.3 is 4.55 Å². The fraction of sp³-hybridized carbons (Fsp3) is 0.167. The highest BCUT2D eigenvalue weighted by molar-refractivity contribution is 7.79. The molecule has 26 heavy (non-hydrogen) atoms. The highest BCUT2D eigenvalue weighted by Crippen LogP contribution is 2.29.